The van der Waals surface area contributed by atoms with Crippen molar-refractivity contribution in [3.8, 4) is 0 Å². The Morgan fingerprint density at radius 1 is 1.32 bits per heavy atom. The van der Waals surface area contributed by atoms with E-state index in [-0.39, 0.29) is 11.4 Å². The Morgan fingerprint density at radius 3 is 2.37 bits per heavy atom. The molecule has 0 aromatic heterocycles. The summed E-state index contributed by atoms with van der Waals surface area (Å²) in [5.74, 6) is 0. The zero-order valence-corrected chi connectivity index (χ0v) is 12.4. The molecule has 6 heteroatoms. The smallest absolute Gasteiger partial charge is 0.242 e. The minimum Gasteiger partial charge on any atom is -0.392 e. The molecule has 0 amide bonds. The molecule has 1 rings (SSSR count). The maximum absolute atomic E-state index is 12.2. The lowest BCUT2D eigenvalue weighted by Crippen LogP contribution is -2.33. The zero-order chi connectivity index (χ0) is 14.5. The third-order valence-corrected chi connectivity index (χ3v) is 4.57. The van der Waals surface area contributed by atoms with Crippen LogP contribution in [0.2, 0.25) is 0 Å². The molecule has 19 heavy (non-hydrogen) atoms. The van der Waals surface area contributed by atoms with E-state index >= 15 is 0 Å². The number of hydrogen-bond donors (Lipinski definition) is 2. The van der Waals surface area contributed by atoms with Crippen LogP contribution in [0.4, 0.5) is 0 Å². The van der Waals surface area contributed by atoms with Crippen molar-refractivity contribution in [1.29, 1.82) is 0 Å². The minimum atomic E-state index is -3.52. The van der Waals surface area contributed by atoms with E-state index in [1.165, 1.54) is 7.05 Å². The SMILES string of the molecule is CCNCc1ccc(S(=O)(=O)N(C)CC(C)O)cc1. The molecule has 1 atom stereocenters. The highest BCUT2D eigenvalue weighted by Gasteiger charge is 2.21. The van der Waals surface area contributed by atoms with E-state index in [0.717, 1.165) is 23.0 Å². The Hall–Kier alpha value is -0.950. The van der Waals surface area contributed by atoms with Gasteiger partial charge in [-0.05, 0) is 31.2 Å². The maximum atomic E-state index is 12.2. The van der Waals surface area contributed by atoms with E-state index in [9.17, 15) is 13.5 Å². The Kier molecular flexibility index (Phi) is 5.93. The van der Waals surface area contributed by atoms with Crippen LogP contribution < -0.4 is 5.32 Å². The van der Waals surface area contributed by atoms with E-state index in [1.807, 2.05) is 6.92 Å². The second-order valence-electron chi connectivity index (χ2n) is 4.56. The van der Waals surface area contributed by atoms with Crippen LogP contribution in [0.15, 0.2) is 29.2 Å². The first kappa shape index (κ1) is 16.1. The molecule has 0 aliphatic rings. The van der Waals surface area contributed by atoms with Gasteiger partial charge in [0.1, 0.15) is 0 Å². The summed E-state index contributed by atoms with van der Waals surface area (Å²) in [6, 6.07) is 6.79. The number of likely N-dealkylation sites (N-methyl/N-ethyl adjacent to an activating group) is 1. The lowest BCUT2D eigenvalue weighted by Gasteiger charge is -2.18. The van der Waals surface area contributed by atoms with Crippen LogP contribution in [-0.2, 0) is 16.6 Å². The number of rotatable bonds is 7. The van der Waals surface area contributed by atoms with E-state index < -0.39 is 16.1 Å². The molecule has 0 spiro atoms. The number of nitrogens with zero attached hydrogens (tertiary/aromatic N) is 1. The van der Waals surface area contributed by atoms with Gasteiger partial charge in [-0.2, -0.15) is 4.31 Å². The molecule has 1 aromatic carbocycles. The van der Waals surface area contributed by atoms with Crippen molar-refractivity contribution in [3.05, 3.63) is 29.8 Å². The molecule has 0 saturated carbocycles. The van der Waals surface area contributed by atoms with Gasteiger partial charge >= 0.3 is 0 Å². The monoisotopic (exact) mass is 286 g/mol. The molecule has 1 aromatic rings. The molecule has 0 saturated heterocycles. The topological polar surface area (TPSA) is 69.6 Å². The number of sulfonamides is 1. The van der Waals surface area contributed by atoms with Gasteiger partial charge in [-0.15, -0.1) is 0 Å². The highest BCUT2D eigenvalue weighted by atomic mass is 32.2. The van der Waals surface area contributed by atoms with Gasteiger partial charge in [0.15, 0.2) is 0 Å². The van der Waals surface area contributed by atoms with Crippen LogP contribution in [0.25, 0.3) is 0 Å². The van der Waals surface area contributed by atoms with Gasteiger partial charge in [0.05, 0.1) is 11.0 Å². The lowest BCUT2D eigenvalue weighted by molar-refractivity contribution is 0.171. The second-order valence-corrected chi connectivity index (χ2v) is 6.60. The third kappa shape index (κ3) is 4.58. The van der Waals surface area contributed by atoms with Crippen molar-refractivity contribution in [1.82, 2.24) is 9.62 Å². The quantitative estimate of drug-likeness (QED) is 0.778. The number of hydrogen-bond acceptors (Lipinski definition) is 4. The number of benzene rings is 1. The Balaban J connectivity index is 2.84. The predicted octanol–water partition coefficient (Wildman–Crippen LogP) is 0.797. The summed E-state index contributed by atoms with van der Waals surface area (Å²) in [6.07, 6.45) is -0.687. The van der Waals surface area contributed by atoms with E-state index in [0.29, 0.717) is 0 Å². The highest BCUT2D eigenvalue weighted by Crippen LogP contribution is 2.15. The molecule has 0 radical (unpaired) electrons. The molecule has 1 unspecified atom stereocenters. The van der Waals surface area contributed by atoms with Gasteiger partial charge in [-0.25, -0.2) is 8.42 Å². The van der Waals surface area contributed by atoms with Crippen LogP contribution in [0.5, 0.6) is 0 Å². The molecule has 0 heterocycles. The average Bonchev–Trinajstić information content (AvgIpc) is 2.36. The predicted molar refractivity (Wildman–Crippen MR) is 75.3 cm³/mol. The number of aliphatic hydroxyl groups excluding tert-OH is 1. The Bertz CT molecular complexity index is 483. The molecular formula is C13H22N2O3S. The van der Waals surface area contributed by atoms with Crippen molar-refractivity contribution >= 4 is 10.0 Å². The van der Waals surface area contributed by atoms with E-state index in [1.54, 1.807) is 31.2 Å². The van der Waals surface area contributed by atoms with Gasteiger partial charge in [0.25, 0.3) is 0 Å². The van der Waals surface area contributed by atoms with Gasteiger partial charge in [-0.1, -0.05) is 19.1 Å². The summed E-state index contributed by atoms with van der Waals surface area (Å²) in [6.45, 7) is 5.26. The van der Waals surface area contributed by atoms with Gasteiger partial charge in [0, 0.05) is 20.1 Å². The molecule has 0 aliphatic heterocycles. The zero-order valence-electron chi connectivity index (χ0n) is 11.6. The molecular weight excluding hydrogens is 264 g/mol. The summed E-state index contributed by atoms with van der Waals surface area (Å²) < 4.78 is 25.5. The molecule has 0 bridgehead atoms. The van der Waals surface area contributed by atoms with E-state index in [2.05, 4.69) is 5.32 Å². The van der Waals surface area contributed by atoms with Crippen LogP contribution in [0, 0.1) is 0 Å². The summed E-state index contributed by atoms with van der Waals surface area (Å²) in [5.41, 5.74) is 1.04. The normalized spacial score (nSPS) is 13.7. The fourth-order valence-corrected chi connectivity index (χ4v) is 2.95. The molecule has 0 aliphatic carbocycles. The van der Waals surface area contributed by atoms with Crippen molar-refractivity contribution in [2.75, 3.05) is 20.1 Å². The maximum Gasteiger partial charge on any atom is 0.242 e. The fourth-order valence-electron chi connectivity index (χ4n) is 1.70. The van der Waals surface area contributed by atoms with Crippen LogP contribution in [0.3, 0.4) is 0 Å². The fraction of sp³-hybridized carbons (Fsp3) is 0.538. The highest BCUT2D eigenvalue weighted by molar-refractivity contribution is 7.89. The third-order valence-electron chi connectivity index (χ3n) is 2.73. The standard InChI is InChI=1S/C13H22N2O3S/c1-4-14-9-12-5-7-13(8-6-12)19(17,18)15(3)10-11(2)16/h5-8,11,14,16H,4,9-10H2,1-3H3. The lowest BCUT2D eigenvalue weighted by atomic mass is 10.2. The van der Waals surface area contributed by atoms with Crippen LogP contribution >= 0.6 is 0 Å². The Morgan fingerprint density at radius 2 is 1.89 bits per heavy atom. The second kappa shape index (κ2) is 7.00. The van der Waals surface area contributed by atoms with Crippen LogP contribution in [-0.4, -0.2) is 44.1 Å². The number of aliphatic hydroxyl groups is 1. The number of nitrogens with one attached hydrogen (secondary N) is 1. The largest absolute Gasteiger partial charge is 0.392 e. The molecule has 2 N–H and O–H groups in total. The van der Waals surface area contributed by atoms with Gasteiger partial charge in [0.2, 0.25) is 10.0 Å². The van der Waals surface area contributed by atoms with Gasteiger partial charge < -0.3 is 10.4 Å². The summed E-state index contributed by atoms with van der Waals surface area (Å²) >= 11 is 0. The van der Waals surface area contributed by atoms with Crippen molar-refractivity contribution in [2.45, 2.75) is 31.4 Å². The van der Waals surface area contributed by atoms with Crippen molar-refractivity contribution in [2.24, 2.45) is 0 Å². The Labute approximate surface area is 115 Å². The first-order valence-electron chi connectivity index (χ1n) is 6.32. The van der Waals surface area contributed by atoms with Crippen molar-refractivity contribution in [3.63, 3.8) is 0 Å². The summed E-state index contributed by atoms with van der Waals surface area (Å²) in [7, 11) is -2.05. The first-order valence-corrected chi connectivity index (χ1v) is 7.76. The summed E-state index contributed by atoms with van der Waals surface area (Å²) in [5, 5.41) is 12.4. The average molecular weight is 286 g/mol. The van der Waals surface area contributed by atoms with E-state index in [4.69, 9.17) is 0 Å². The molecule has 0 fully saturated rings. The molecule has 108 valence electrons. The molecule has 5 nitrogen and oxygen atoms in total. The first-order chi connectivity index (χ1) is 8.87. The van der Waals surface area contributed by atoms with Crippen molar-refractivity contribution < 1.29 is 13.5 Å². The minimum absolute atomic E-state index is 0.0848. The summed E-state index contributed by atoms with van der Waals surface area (Å²) in [4.78, 5) is 0.246. The van der Waals surface area contributed by atoms with Gasteiger partial charge in [-0.3, -0.25) is 0 Å². The van der Waals surface area contributed by atoms with Crippen LogP contribution in [0.1, 0.15) is 19.4 Å².